The molecule has 4 rings (SSSR count). The molecule has 0 spiro atoms. The first-order valence-electron chi connectivity index (χ1n) is 11.7. The van der Waals surface area contributed by atoms with Crippen LogP contribution in [-0.4, -0.2) is 68.2 Å². The maximum absolute atomic E-state index is 13.4. The van der Waals surface area contributed by atoms with Gasteiger partial charge in [0.1, 0.15) is 12.4 Å². The Kier molecular flexibility index (Phi) is 7.76. The Balaban J connectivity index is 1.52. The number of likely N-dealkylation sites (tertiary alicyclic amines) is 1. The van der Waals surface area contributed by atoms with Gasteiger partial charge in [0.15, 0.2) is 0 Å². The van der Waals surface area contributed by atoms with Crippen LogP contribution < -0.4 is 10.5 Å². The number of nitrogens with one attached hydrogen (secondary N) is 1. The molecule has 9 heteroatoms. The Morgan fingerprint density at radius 2 is 1.89 bits per heavy atom. The summed E-state index contributed by atoms with van der Waals surface area (Å²) in [7, 11) is 0. The summed E-state index contributed by atoms with van der Waals surface area (Å²) in [6.07, 6.45) is -1.32. The Hall–Kier alpha value is -2.91. The van der Waals surface area contributed by atoms with Crippen LogP contribution in [0.25, 0.3) is 5.57 Å². The van der Waals surface area contributed by atoms with Crippen molar-refractivity contribution in [3.63, 3.8) is 0 Å². The standard InChI is InChI=1S/C26H30F4N4O/c27-12-18-15-33(16-18)9-10-35-23-4-1-19(2-5-23)25-24-6-3-20(22(13-31)14-32)11-21(24)7-8-34(25)17-26(28,29)30/h1-6,11,13-14,18,25,31H,7-10,12,15-17,32H2/b22-14+,31-13?/t25-/m0/s1. The Morgan fingerprint density at radius 3 is 2.51 bits per heavy atom. The van der Waals surface area contributed by atoms with Crippen molar-refractivity contribution in [2.75, 3.05) is 46.0 Å². The highest BCUT2D eigenvalue weighted by Crippen LogP contribution is 2.38. The molecule has 1 saturated heterocycles. The van der Waals surface area contributed by atoms with Crippen molar-refractivity contribution in [1.29, 1.82) is 5.41 Å². The summed E-state index contributed by atoms with van der Waals surface area (Å²) < 4.78 is 58.5. The first-order chi connectivity index (χ1) is 16.8. The monoisotopic (exact) mass is 490 g/mol. The second-order valence-corrected chi connectivity index (χ2v) is 9.12. The van der Waals surface area contributed by atoms with Crippen LogP contribution in [0.2, 0.25) is 0 Å². The number of benzene rings is 2. The van der Waals surface area contributed by atoms with Crippen molar-refractivity contribution in [3.05, 3.63) is 70.9 Å². The van der Waals surface area contributed by atoms with Gasteiger partial charge in [-0.3, -0.25) is 14.2 Å². The van der Waals surface area contributed by atoms with Crippen molar-refractivity contribution in [2.24, 2.45) is 11.7 Å². The van der Waals surface area contributed by atoms with Crippen LogP contribution in [-0.2, 0) is 6.42 Å². The SMILES string of the molecule is N=C/C(=C\N)c1ccc2c(c1)CCN(CC(F)(F)F)[C@H]2c1ccc(OCCN2CC(CF)C2)cc1. The van der Waals surface area contributed by atoms with Crippen molar-refractivity contribution in [1.82, 2.24) is 9.80 Å². The highest BCUT2D eigenvalue weighted by atomic mass is 19.4. The van der Waals surface area contributed by atoms with Crippen LogP contribution in [0.15, 0.2) is 48.7 Å². The second-order valence-electron chi connectivity index (χ2n) is 9.12. The quantitative estimate of drug-likeness (QED) is 0.403. The molecular formula is C26H30F4N4O. The molecule has 5 nitrogen and oxygen atoms in total. The van der Waals surface area contributed by atoms with Gasteiger partial charge in [-0.1, -0.05) is 30.3 Å². The number of hydrogen-bond acceptors (Lipinski definition) is 5. The molecule has 1 atom stereocenters. The molecular weight excluding hydrogens is 460 g/mol. The summed E-state index contributed by atoms with van der Waals surface area (Å²) in [4.78, 5) is 3.59. The third kappa shape index (κ3) is 6.02. The number of nitrogens with zero attached hydrogens (tertiary/aromatic N) is 2. The van der Waals surface area contributed by atoms with E-state index in [1.165, 1.54) is 11.1 Å². The molecule has 0 saturated carbocycles. The van der Waals surface area contributed by atoms with Gasteiger partial charge in [-0.25, -0.2) is 0 Å². The van der Waals surface area contributed by atoms with Crippen LogP contribution >= 0.6 is 0 Å². The maximum atomic E-state index is 13.4. The summed E-state index contributed by atoms with van der Waals surface area (Å²) >= 11 is 0. The zero-order valence-corrected chi connectivity index (χ0v) is 19.4. The first-order valence-corrected chi connectivity index (χ1v) is 11.7. The van der Waals surface area contributed by atoms with E-state index in [0.29, 0.717) is 30.9 Å². The van der Waals surface area contributed by atoms with Crippen molar-refractivity contribution >= 4 is 11.8 Å². The first kappa shape index (κ1) is 25.2. The molecule has 0 aliphatic carbocycles. The van der Waals surface area contributed by atoms with Crippen molar-refractivity contribution < 1.29 is 22.3 Å². The molecule has 3 N–H and O–H groups in total. The fourth-order valence-electron chi connectivity index (χ4n) is 4.87. The molecule has 0 radical (unpaired) electrons. The van der Waals surface area contributed by atoms with E-state index in [-0.39, 0.29) is 19.1 Å². The van der Waals surface area contributed by atoms with E-state index in [4.69, 9.17) is 15.9 Å². The second kappa shape index (κ2) is 10.8. The Bertz CT molecular complexity index is 1050. The Morgan fingerprint density at radius 1 is 1.14 bits per heavy atom. The van der Waals surface area contributed by atoms with E-state index in [0.717, 1.165) is 41.6 Å². The topological polar surface area (TPSA) is 65.6 Å². The lowest BCUT2D eigenvalue weighted by Gasteiger charge is -2.38. The number of nitrogens with two attached hydrogens (primary N) is 1. The number of halogens is 4. The minimum Gasteiger partial charge on any atom is -0.492 e. The highest BCUT2D eigenvalue weighted by molar-refractivity contribution is 6.08. The van der Waals surface area contributed by atoms with Gasteiger partial charge in [-0.2, -0.15) is 13.2 Å². The van der Waals surface area contributed by atoms with Gasteiger partial charge in [0.2, 0.25) is 0 Å². The summed E-state index contributed by atoms with van der Waals surface area (Å²) in [5.41, 5.74) is 9.47. The summed E-state index contributed by atoms with van der Waals surface area (Å²) in [5.74, 6) is 0.778. The van der Waals surface area contributed by atoms with Gasteiger partial charge in [-0.05, 0) is 40.8 Å². The van der Waals surface area contributed by atoms with E-state index in [1.807, 2.05) is 24.3 Å². The fraction of sp³-hybridized carbons (Fsp3) is 0.423. The average molecular weight is 491 g/mol. The van der Waals surface area contributed by atoms with E-state index in [2.05, 4.69) is 4.90 Å². The van der Waals surface area contributed by atoms with E-state index in [9.17, 15) is 17.6 Å². The smallest absolute Gasteiger partial charge is 0.401 e. The maximum Gasteiger partial charge on any atom is 0.401 e. The molecule has 2 aliphatic heterocycles. The average Bonchev–Trinajstić information content (AvgIpc) is 2.81. The van der Waals surface area contributed by atoms with Crippen molar-refractivity contribution in [3.8, 4) is 5.75 Å². The van der Waals surface area contributed by atoms with Gasteiger partial charge in [0.25, 0.3) is 0 Å². The molecule has 2 aliphatic rings. The highest BCUT2D eigenvalue weighted by Gasteiger charge is 2.37. The predicted molar refractivity (Wildman–Crippen MR) is 128 cm³/mol. The number of ether oxygens (including phenoxy) is 1. The predicted octanol–water partition coefficient (Wildman–Crippen LogP) is 4.43. The van der Waals surface area contributed by atoms with Crippen LogP contribution in [0, 0.1) is 11.3 Å². The number of fused-ring (bicyclic) bond motifs is 1. The third-order valence-corrected chi connectivity index (χ3v) is 6.64. The third-order valence-electron chi connectivity index (χ3n) is 6.64. The van der Waals surface area contributed by atoms with Crippen LogP contribution in [0.3, 0.4) is 0 Å². The van der Waals surface area contributed by atoms with Crippen LogP contribution in [0.5, 0.6) is 5.75 Å². The van der Waals surface area contributed by atoms with Gasteiger partial charge >= 0.3 is 6.18 Å². The minimum atomic E-state index is -4.31. The van der Waals surface area contributed by atoms with Crippen LogP contribution in [0.1, 0.15) is 28.3 Å². The molecule has 2 aromatic carbocycles. The van der Waals surface area contributed by atoms with Gasteiger partial charge in [0, 0.05) is 50.1 Å². The van der Waals surface area contributed by atoms with E-state index in [1.54, 1.807) is 18.2 Å². The fourth-order valence-corrected chi connectivity index (χ4v) is 4.87. The Labute approximate surface area is 202 Å². The lowest BCUT2D eigenvalue weighted by Crippen LogP contribution is -2.49. The van der Waals surface area contributed by atoms with Crippen LogP contribution in [0.4, 0.5) is 17.6 Å². The molecule has 0 bridgehead atoms. The molecule has 1 fully saturated rings. The summed E-state index contributed by atoms with van der Waals surface area (Å²) in [6.45, 7) is 1.66. The number of rotatable bonds is 9. The van der Waals surface area contributed by atoms with E-state index < -0.39 is 18.8 Å². The molecule has 188 valence electrons. The lowest BCUT2D eigenvalue weighted by atomic mass is 9.86. The molecule has 2 heterocycles. The summed E-state index contributed by atoms with van der Waals surface area (Å²) in [5, 5.41) is 7.53. The number of allylic oxidation sites excluding steroid dienone is 1. The number of alkyl halides is 4. The van der Waals surface area contributed by atoms with Gasteiger partial charge < -0.3 is 15.9 Å². The minimum absolute atomic E-state index is 0.131. The molecule has 0 unspecified atom stereocenters. The molecule has 2 aromatic rings. The van der Waals surface area contributed by atoms with E-state index >= 15 is 0 Å². The zero-order chi connectivity index (χ0) is 25.0. The lowest BCUT2D eigenvalue weighted by molar-refractivity contribution is -0.150. The number of hydrogen-bond donors (Lipinski definition) is 2. The van der Waals surface area contributed by atoms with Gasteiger partial charge in [-0.15, -0.1) is 0 Å². The normalized spacial score (nSPS) is 19.8. The molecule has 35 heavy (non-hydrogen) atoms. The largest absolute Gasteiger partial charge is 0.492 e. The zero-order valence-electron chi connectivity index (χ0n) is 19.4. The van der Waals surface area contributed by atoms with Crippen molar-refractivity contribution in [2.45, 2.75) is 18.6 Å². The summed E-state index contributed by atoms with van der Waals surface area (Å²) in [6, 6.07) is 12.2. The molecule has 0 aromatic heterocycles. The molecule has 0 amide bonds. The van der Waals surface area contributed by atoms with Gasteiger partial charge in [0.05, 0.1) is 19.3 Å².